The Morgan fingerprint density at radius 2 is 2.15 bits per heavy atom. The number of aryl methyl sites for hydroxylation is 1. The molecule has 3 rings (SSSR count). The highest BCUT2D eigenvalue weighted by Crippen LogP contribution is 2.39. The zero-order valence-corrected chi connectivity index (χ0v) is 11.5. The number of anilines is 1. The largest absolute Gasteiger partial charge is 0.439 e. The van der Waals surface area contributed by atoms with Crippen LogP contribution < -0.4 is 16.0 Å². The van der Waals surface area contributed by atoms with Gasteiger partial charge in [0.25, 0.3) is 0 Å². The number of rotatable bonds is 5. The van der Waals surface area contributed by atoms with E-state index in [9.17, 15) is 0 Å². The number of aromatic nitrogens is 2. The molecule has 0 bridgehead atoms. The Morgan fingerprint density at radius 3 is 2.85 bits per heavy atom. The Kier molecular flexibility index (Phi) is 3.52. The predicted octanol–water partition coefficient (Wildman–Crippen LogP) is 2.99. The zero-order chi connectivity index (χ0) is 13.9. The maximum atomic E-state index is 5.84. The van der Waals surface area contributed by atoms with Gasteiger partial charge >= 0.3 is 0 Å². The topological polar surface area (TPSA) is 73.1 Å². The lowest BCUT2D eigenvalue weighted by Crippen LogP contribution is -2.10. The van der Waals surface area contributed by atoms with Crippen molar-refractivity contribution in [3.63, 3.8) is 0 Å². The molecular weight excluding hydrogens is 252 g/mol. The van der Waals surface area contributed by atoms with Gasteiger partial charge in [-0.1, -0.05) is 19.1 Å². The van der Waals surface area contributed by atoms with Crippen molar-refractivity contribution in [1.29, 1.82) is 0 Å². The third kappa shape index (κ3) is 2.88. The highest BCUT2D eigenvalue weighted by atomic mass is 16.5. The monoisotopic (exact) mass is 270 g/mol. The molecule has 1 aliphatic carbocycles. The van der Waals surface area contributed by atoms with Crippen LogP contribution in [0.4, 0.5) is 5.82 Å². The maximum absolute atomic E-state index is 5.84. The summed E-state index contributed by atoms with van der Waals surface area (Å²) in [6.07, 6.45) is 3.25. The van der Waals surface area contributed by atoms with Crippen LogP contribution in [0.5, 0.6) is 11.6 Å². The smallest absolute Gasteiger partial charge is 0.224 e. The molecule has 5 heteroatoms. The molecule has 2 aromatic rings. The molecule has 0 aliphatic heterocycles. The first-order chi connectivity index (χ1) is 9.78. The van der Waals surface area contributed by atoms with Gasteiger partial charge in [-0.3, -0.25) is 0 Å². The van der Waals surface area contributed by atoms with Gasteiger partial charge in [0.05, 0.1) is 0 Å². The third-order valence-corrected chi connectivity index (χ3v) is 3.34. The number of nitrogen functional groups attached to an aromatic ring is 1. The first kappa shape index (κ1) is 12.9. The molecule has 0 atom stereocenters. The molecule has 104 valence electrons. The molecule has 0 radical (unpaired) electrons. The summed E-state index contributed by atoms with van der Waals surface area (Å²) in [6, 6.07) is 9.72. The minimum absolute atomic E-state index is 0.452. The van der Waals surface area contributed by atoms with Gasteiger partial charge in [0, 0.05) is 12.0 Å². The van der Waals surface area contributed by atoms with Gasteiger partial charge in [0.1, 0.15) is 17.4 Å². The van der Waals surface area contributed by atoms with Crippen LogP contribution in [0.2, 0.25) is 0 Å². The van der Waals surface area contributed by atoms with E-state index in [1.807, 2.05) is 18.2 Å². The second-order valence-electron chi connectivity index (χ2n) is 4.97. The van der Waals surface area contributed by atoms with Crippen molar-refractivity contribution >= 4 is 5.82 Å². The average molecular weight is 270 g/mol. The number of hydrogen-bond acceptors (Lipinski definition) is 5. The Bertz CT molecular complexity index is 611. The van der Waals surface area contributed by atoms with Crippen molar-refractivity contribution in [2.24, 2.45) is 5.84 Å². The number of ether oxygens (including phenoxy) is 1. The van der Waals surface area contributed by atoms with Crippen LogP contribution in [-0.2, 0) is 6.42 Å². The highest BCUT2D eigenvalue weighted by Gasteiger charge is 2.27. The molecule has 0 saturated heterocycles. The lowest BCUT2D eigenvalue weighted by molar-refractivity contribution is 0.458. The normalized spacial score (nSPS) is 14.1. The summed E-state index contributed by atoms with van der Waals surface area (Å²) in [4.78, 5) is 8.83. The first-order valence-electron chi connectivity index (χ1n) is 6.91. The minimum Gasteiger partial charge on any atom is -0.439 e. The van der Waals surface area contributed by atoms with Crippen molar-refractivity contribution < 1.29 is 4.74 Å². The fourth-order valence-corrected chi connectivity index (χ4v) is 2.04. The summed E-state index contributed by atoms with van der Waals surface area (Å²) in [7, 11) is 0. The van der Waals surface area contributed by atoms with E-state index in [1.165, 1.54) is 5.56 Å². The van der Waals surface area contributed by atoms with Gasteiger partial charge in [-0.05, 0) is 37.0 Å². The molecule has 1 saturated carbocycles. The van der Waals surface area contributed by atoms with Crippen LogP contribution >= 0.6 is 0 Å². The zero-order valence-electron chi connectivity index (χ0n) is 11.5. The molecule has 1 aromatic carbocycles. The van der Waals surface area contributed by atoms with E-state index < -0.39 is 0 Å². The van der Waals surface area contributed by atoms with Crippen LogP contribution in [0.25, 0.3) is 0 Å². The summed E-state index contributed by atoms with van der Waals surface area (Å²) in [5, 5.41) is 0. The average Bonchev–Trinajstić information content (AvgIpc) is 3.31. The number of nitrogens with zero attached hydrogens (tertiary/aromatic N) is 2. The molecule has 0 unspecified atom stereocenters. The molecule has 1 fully saturated rings. The summed E-state index contributed by atoms with van der Waals surface area (Å²) in [5.74, 6) is 8.61. The van der Waals surface area contributed by atoms with Crippen molar-refractivity contribution in [2.45, 2.75) is 32.1 Å². The lowest BCUT2D eigenvalue weighted by Gasteiger charge is -2.09. The summed E-state index contributed by atoms with van der Waals surface area (Å²) in [5.41, 5.74) is 3.80. The van der Waals surface area contributed by atoms with Crippen LogP contribution in [0.1, 0.15) is 37.1 Å². The van der Waals surface area contributed by atoms with E-state index >= 15 is 0 Å². The fraction of sp³-hybridized carbons (Fsp3) is 0.333. The Labute approximate surface area is 118 Å². The van der Waals surface area contributed by atoms with E-state index in [-0.39, 0.29) is 0 Å². The Hall–Kier alpha value is -2.14. The van der Waals surface area contributed by atoms with Crippen molar-refractivity contribution in [3.05, 3.63) is 41.7 Å². The molecule has 5 nitrogen and oxygen atoms in total. The van der Waals surface area contributed by atoms with Crippen LogP contribution in [0, 0.1) is 0 Å². The summed E-state index contributed by atoms with van der Waals surface area (Å²) >= 11 is 0. The summed E-state index contributed by atoms with van der Waals surface area (Å²) in [6.45, 7) is 2.12. The van der Waals surface area contributed by atoms with E-state index in [0.717, 1.165) is 30.8 Å². The SMILES string of the molecule is CCc1cccc(Oc2cc(NN)nc(C3CC3)n2)c1. The molecule has 1 heterocycles. The maximum Gasteiger partial charge on any atom is 0.224 e. The predicted molar refractivity (Wildman–Crippen MR) is 77.7 cm³/mol. The molecular formula is C15H18N4O. The van der Waals surface area contributed by atoms with E-state index in [0.29, 0.717) is 17.6 Å². The van der Waals surface area contributed by atoms with E-state index in [2.05, 4.69) is 28.4 Å². The van der Waals surface area contributed by atoms with Crippen LogP contribution in [-0.4, -0.2) is 9.97 Å². The Balaban J connectivity index is 1.86. The van der Waals surface area contributed by atoms with Crippen LogP contribution in [0.15, 0.2) is 30.3 Å². The number of hydrogen-bond donors (Lipinski definition) is 2. The van der Waals surface area contributed by atoms with Gasteiger partial charge in [-0.15, -0.1) is 0 Å². The lowest BCUT2D eigenvalue weighted by atomic mass is 10.2. The van der Waals surface area contributed by atoms with Gasteiger partial charge in [0.2, 0.25) is 5.88 Å². The molecule has 3 N–H and O–H groups in total. The first-order valence-corrected chi connectivity index (χ1v) is 6.91. The number of nitrogens with one attached hydrogen (secondary N) is 1. The standard InChI is InChI=1S/C15H18N4O/c1-2-10-4-3-5-12(8-10)20-14-9-13(19-16)17-15(18-14)11-6-7-11/h3-5,8-9,11H,2,6-7,16H2,1H3,(H,17,18,19). The molecule has 1 aromatic heterocycles. The third-order valence-electron chi connectivity index (χ3n) is 3.34. The van der Waals surface area contributed by atoms with Crippen molar-refractivity contribution in [3.8, 4) is 11.6 Å². The second-order valence-corrected chi connectivity index (χ2v) is 4.97. The van der Waals surface area contributed by atoms with Gasteiger partial charge < -0.3 is 10.2 Å². The minimum atomic E-state index is 0.452. The van der Waals surface area contributed by atoms with Gasteiger partial charge in [-0.25, -0.2) is 10.8 Å². The quantitative estimate of drug-likeness (QED) is 0.645. The number of nitrogens with two attached hydrogens (primary N) is 1. The van der Waals surface area contributed by atoms with E-state index in [1.54, 1.807) is 6.07 Å². The van der Waals surface area contributed by atoms with E-state index in [4.69, 9.17) is 10.6 Å². The van der Waals surface area contributed by atoms with Gasteiger partial charge in [-0.2, -0.15) is 4.98 Å². The van der Waals surface area contributed by atoms with Crippen molar-refractivity contribution in [2.75, 3.05) is 5.43 Å². The van der Waals surface area contributed by atoms with Crippen LogP contribution in [0.3, 0.4) is 0 Å². The molecule has 0 spiro atoms. The molecule has 20 heavy (non-hydrogen) atoms. The Morgan fingerprint density at radius 1 is 1.30 bits per heavy atom. The molecule has 1 aliphatic rings. The van der Waals surface area contributed by atoms with Gasteiger partial charge in [0.15, 0.2) is 0 Å². The number of hydrazine groups is 1. The van der Waals surface area contributed by atoms with Crippen molar-refractivity contribution in [1.82, 2.24) is 9.97 Å². The number of benzene rings is 1. The fourth-order valence-electron chi connectivity index (χ4n) is 2.04. The second kappa shape index (κ2) is 5.46. The summed E-state index contributed by atoms with van der Waals surface area (Å²) < 4.78 is 5.84. The molecule has 0 amide bonds. The highest BCUT2D eigenvalue weighted by molar-refractivity contribution is 5.40.